The van der Waals surface area contributed by atoms with E-state index in [1.54, 1.807) is 31.2 Å². The number of nitrogens with two attached hydrogens (primary N) is 2. The molecule has 19 heteroatoms. The number of rotatable bonds is 11. The number of methoxy groups -OCH3 is 1. The lowest BCUT2D eigenvalue weighted by Gasteiger charge is -2.12. The summed E-state index contributed by atoms with van der Waals surface area (Å²) >= 11 is 11.5. The second kappa shape index (κ2) is 18.8. The Morgan fingerprint density at radius 3 is 1.46 bits per heavy atom. The van der Waals surface area contributed by atoms with Crippen LogP contribution in [0.5, 0.6) is 5.75 Å². The fourth-order valence-corrected chi connectivity index (χ4v) is 7.36. The predicted molar refractivity (Wildman–Crippen MR) is 221 cm³/mol. The number of hydrogen-bond donors (Lipinski definition) is 4. The molecule has 13 nitrogen and oxygen atoms in total. The number of primary sulfonamides is 2. The minimum atomic E-state index is -4.11. The van der Waals surface area contributed by atoms with Gasteiger partial charge in [0, 0.05) is 52.1 Å². The van der Waals surface area contributed by atoms with Crippen LogP contribution < -0.4 is 25.6 Å². The average Bonchev–Trinajstić information content (AvgIpc) is 3.17. The number of carbonyl (C=O) groups excluding carboxylic acids is 2. The normalized spacial score (nSPS) is 11.3. The van der Waals surface area contributed by atoms with Crippen molar-refractivity contribution in [1.29, 1.82) is 0 Å². The third-order valence-corrected chi connectivity index (χ3v) is 10.7. The van der Waals surface area contributed by atoms with E-state index < -0.39 is 43.5 Å². The summed E-state index contributed by atoms with van der Waals surface area (Å²) in [5.74, 6) is -1.74. The van der Waals surface area contributed by atoms with Gasteiger partial charge in [-0.2, -0.15) is 0 Å². The molecule has 59 heavy (non-hydrogen) atoms. The van der Waals surface area contributed by atoms with Crippen LogP contribution in [0.25, 0.3) is 22.3 Å². The zero-order valence-corrected chi connectivity index (χ0v) is 34.2. The molecule has 2 heterocycles. The summed E-state index contributed by atoms with van der Waals surface area (Å²) in [6.45, 7) is 1.75. The number of amides is 2. The van der Waals surface area contributed by atoms with Crippen LogP contribution in [0.1, 0.15) is 16.7 Å². The number of anilines is 2. The van der Waals surface area contributed by atoms with Gasteiger partial charge in [0.1, 0.15) is 27.7 Å². The second-order valence-electron chi connectivity index (χ2n) is 12.8. The van der Waals surface area contributed by atoms with Gasteiger partial charge in [0.05, 0.1) is 29.7 Å². The van der Waals surface area contributed by atoms with Crippen LogP contribution in [0.4, 0.5) is 20.2 Å². The highest BCUT2D eigenvalue weighted by Crippen LogP contribution is 2.31. The van der Waals surface area contributed by atoms with Crippen LogP contribution in [0.2, 0.25) is 10.3 Å². The summed E-state index contributed by atoms with van der Waals surface area (Å²) in [5.41, 5.74) is 3.18. The van der Waals surface area contributed by atoms with Crippen molar-refractivity contribution in [2.75, 3.05) is 17.7 Å². The molecule has 0 aliphatic carbocycles. The molecule has 2 amide bonds. The lowest BCUT2D eigenvalue weighted by Crippen LogP contribution is -2.17. The van der Waals surface area contributed by atoms with E-state index in [1.807, 2.05) is 0 Å². The maximum Gasteiger partial charge on any atom is 0.238 e. The maximum absolute atomic E-state index is 14.1. The molecule has 0 saturated heterocycles. The monoisotopic (exact) mass is 882 g/mol. The van der Waals surface area contributed by atoms with Gasteiger partial charge in [-0.25, -0.2) is 45.9 Å². The van der Waals surface area contributed by atoms with Crippen LogP contribution >= 0.6 is 23.2 Å². The van der Waals surface area contributed by atoms with Gasteiger partial charge in [-0.1, -0.05) is 53.5 Å². The summed E-state index contributed by atoms with van der Waals surface area (Å²) < 4.78 is 81.2. The molecular formula is C40H34Cl2F2N6O7S2. The summed E-state index contributed by atoms with van der Waals surface area (Å²) in [4.78, 5) is 32.1. The van der Waals surface area contributed by atoms with Gasteiger partial charge in [0.25, 0.3) is 0 Å². The highest BCUT2D eigenvalue weighted by atomic mass is 35.5. The van der Waals surface area contributed by atoms with E-state index in [9.17, 15) is 35.2 Å². The molecule has 6 rings (SSSR count). The minimum Gasteiger partial charge on any atom is -0.497 e. The van der Waals surface area contributed by atoms with Crippen molar-refractivity contribution >= 4 is 66.4 Å². The van der Waals surface area contributed by atoms with Crippen LogP contribution in [0.15, 0.2) is 119 Å². The van der Waals surface area contributed by atoms with Gasteiger partial charge in [-0.05, 0) is 84.3 Å². The minimum absolute atomic E-state index is 0.170. The predicted octanol–water partition coefficient (Wildman–Crippen LogP) is 7.06. The zero-order valence-electron chi connectivity index (χ0n) is 31.0. The SMILES string of the molecule is COc1ccc(CC(=O)Nc2ccc(-c3ccc(Cl)nc3)c(S(N)(=O)=O)c2)c(F)c1.Cc1ccc(CC(=O)Nc2ccc(-c3ccc(Cl)nc3)c(S(N)(=O)=O)c2)c(F)c1. The Kier molecular flexibility index (Phi) is 14.1. The summed E-state index contributed by atoms with van der Waals surface area (Å²) in [5, 5.41) is 16.3. The van der Waals surface area contributed by atoms with Crippen molar-refractivity contribution in [2.24, 2.45) is 10.3 Å². The first-order valence-corrected chi connectivity index (χ1v) is 20.9. The van der Waals surface area contributed by atoms with Gasteiger partial charge in [0.15, 0.2) is 0 Å². The first kappa shape index (κ1) is 44.3. The van der Waals surface area contributed by atoms with E-state index >= 15 is 0 Å². The molecule has 0 unspecified atom stereocenters. The number of nitrogens with one attached hydrogen (secondary N) is 2. The van der Waals surface area contributed by atoms with Crippen molar-refractivity contribution in [1.82, 2.24) is 9.97 Å². The number of hydrogen-bond acceptors (Lipinski definition) is 9. The molecule has 0 atom stereocenters. The molecule has 0 radical (unpaired) electrons. The Hall–Kier alpha value is -5.82. The molecule has 0 saturated carbocycles. The molecule has 4 aromatic carbocycles. The summed E-state index contributed by atoms with van der Waals surface area (Å²) in [7, 11) is -6.79. The van der Waals surface area contributed by atoms with Crippen LogP contribution in [0.3, 0.4) is 0 Å². The summed E-state index contributed by atoms with van der Waals surface area (Å²) in [6, 6.07) is 23.5. The molecule has 0 fully saturated rings. The van der Waals surface area contributed by atoms with E-state index in [0.717, 1.165) is 5.56 Å². The smallest absolute Gasteiger partial charge is 0.238 e. The van der Waals surface area contributed by atoms with Gasteiger partial charge in [0.2, 0.25) is 31.9 Å². The molecule has 2 aromatic heterocycles. The lowest BCUT2D eigenvalue weighted by molar-refractivity contribution is -0.116. The highest BCUT2D eigenvalue weighted by Gasteiger charge is 2.20. The third-order valence-electron chi connectivity index (χ3n) is 8.39. The number of halogens is 4. The van der Waals surface area contributed by atoms with Crippen molar-refractivity contribution < 1.29 is 39.9 Å². The third kappa shape index (κ3) is 12.1. The van der Waals surface area contributed by atoms with Crippen LogP contribution in [-0.4, -0.2) is 45.7 Å². The van der Waals surface area contributed by atoms with Crippen LogP contribution in [-0.2, 0) is 42.5 Å². The Morgan fingerprint density at radius 2 is 1.08 bits per heavy atom. The molecule has 0 aliphatic rings. The molecule has 0 spiro atoms. The van der Waals surface area contributed by atoms with Crippen molar-refractivity contribution in [3.8, 4) is 28.0 Å². The fourth-order valence-electron chi connectivity index (χ4n) is 5.57. The van der Waals surface area contributed by atoms with E-state index in [0.29, 0.717) is 28.0 Å². The number of aryl methyl sites for hydroxylation is 1. The molecular weight excluding hydrogens is 850 g/mol. The standard InChI is InChI=1S/C20H17ClFN3O4S.C20H17ClFN3O3S/c1-29-15-5-2-12(17(22)10-15)8-20(26)25-14-4-6-16(18(9-14)30(23,27)28)13-3-7-19(21)24-11-13;1-12-2-3-13(17(22)8-12)9-20(26)25-15-5-6-16(18(10-15)29(23,27)28)14-4-7-19(21)24-11-14/h2-7,9-11H,8H2,1H3,(H,25,26)(H2,23,27,28);2-8,10-11H,9H2,1H3,(H,25,26)(H2,23,27,28). The number of sulfonamides is 2. The quantitative estimate of drug-likeness (QED) is 0.0980. The Balaban J connectivity index is 0.000000224. The largest absolute Gasteiger partial charge is 0.497 e. The number of carbonyl (C=O) groups is 2. The lowest BCUT2D eigenvalue weighted by atomic mass is 10.1. The number of nitrogens with zero attached hydrogens (tertiary/aromatic N) is 2. The molecule has 6 N–H and O–H groups in total. The molecule has 306 valence electrons. The number of ether oxygens (including phenoxy) is 1. The van der Waals surface area contributed by atoms with Crippen molar-refractivity contribution in [3.05, 3.63) is 148 Å². The fraction of sp³-hybridized carbons (Fsp3) is 0.100. The molecule has 0 bridgehead atoms. The maximum atomic E-state index is 14.1. The van der Waals surface area contributed by atoms with E-state index in [4.69, 9.17) is 38.2 Å². The Labute approximate surface area is 348 Å². The number of pyridine rings is 2. The van der Waals surface area contributed by atoms with Gasteiger partial charge < -0.3 is 15.4 Å². The Morgan fingerprint density at radius 1 is 0.644 bits per heavy atom. The average molecular weight is 884 g/mol. The van der Waals surface area contributed by atoms with Gasteiger partial charge in [-0.3, -0.25) is 9.59 Å². The number of benzene rings is 4. The first-order valence-electron chi connectivity index (χ1n) is 17.1. The molecule has 6 aromatic rings. The second-order valence-corrected chi connectivity index (χ2v) is 16.6. The van der Waals surface area contributed by atoms with E-state index in [-0.39, 0.29) is 55.4 Å². The Bertz CT molecular complexity index is 2760. The highest BCUT2D eigenvalue weighted by molar-refractivity contribution is 7.89. The molecule has 0 aliphatic heterocycles. The zero-order chi connectivity index (χ0) is 43.1. The van der Waals surface area contributed by atoms with Crippen LogP contribution in [0, 0.1) is 18.6 Å². The van der Waals surface area contributed by atoms with Gasteiger partial charge in [-0.15, -0.1) is 0 Å². The summed E-state index contributed by atoms with van der Waals surface area (Å²) in [6.07, 6.45) is 2.39. The topological polar surface area (TPSA) is 214 Å². The van der Waals surface area contributed by atoms with E-state index in [2.05, 4.69) is 20.6 Å². The van der Waals surface area contributed by atoms with E-state index in [1.165, 1.54) is 92.3 Å². The van der Waals surface area contributed by atoms with Crippen molar-refractivity contribution in [3.63, 3.8) is 0 Å². The first-order chi connectivity index (χ1) is 27.8. The van der Waals surface area contributed by atoms with Crippen molar-refractivity contribution in [2.45, 2.75) is 29.6 Å². The van der Waals surface area contributed by atoms with Gasteiger partial charge >= 0.3 is 0 Å². The number of aromatic nitrogens is 2.